The third-order valence-electron chi connectivity index (χ3n) is 6.96. The van der Waals surface area contributed by atoms with Crippen LogP contribution in [0, 0.1) is 0 Å². The van der Waals surface area contributed by atoms with Crippen LogP contribution < -0.4 is 4.31 Å². The molecule has 0 spiro atoms. The number of hydrogen-bond acceptors (Lipinski definition) is 6. The number of carbonyl (C=O) groups is 2. The van der Waals surface area contributed by atoms with Gasteiger partial charge in [0.05, 0.1) is 29.4 Å². The number of Topliss-reactive ketones (excluding diaryl/α,β-unsaturated/α-hetero) is 2. The minimum atomic E-state index is -3.89. The van der Waals surface area contributed by atoms with Crippen molar-refractivity contribution in [3.63, 3.8) is 0 Å². The van der Waals surface area contributed by atoms with Crippen molar-refractivity contribution in [1.82, 2.24) is 4.90 Å². The number of sulfonamides is 1. The number of ketones is 2. The molecule has 0 atom stereocenters. The predicted molar refractivity (Wildman–Crippen MR) is 140 cm³/mol. The van der Waals surface area contributed by atoms with Gasteiger partial charge in [0.25, 0.3) is 10.0 Å². The van der Waals surface area contributed by atoms with Crippen LogP contribution in [-0.4, -0.2) is 64.8 Å². The Morgan fingerprint density at radius 3 is 2.44 bits per heavy atom. The Hall–Kier alpha value is -2.81. The maximum atomic E-state index is 13.4. The number of anilines is 1. The van der Waals surface area contributed by atoms with E-state index in [2.05, 4.69) is 18.7 Å². The summed E-state index contributed by atoms with van der Waals surface area (Å²) in [7, 11) is -2.38. The summed E-state index contributed by atoms with van der Waals surface area (Å²) >= 11 is 0. The third-order valence-corrected chi connectivity index (χ3v) is 8.74. The highest BCUT2D eigenvalue weighted by molar-refractivity contribution is 7.92. The molecular formula is C28H34N2O5S. The van der Waals surface area contributed by atoms with E-state index >= 15 is 0 Å². The molecule has 4 rings (SSSR count). The van der Waals surface area contributed by atoms with Gasteiger partial charge in [-0.25, -0.2) is 8.42 Å². The fourth-order valence-corrected chi connectivity index (χ4v) is 5.81. The van der Waals surface area contributed by atoms with Crippen LogP contribution in [0.4, 0.5) is 5.69 Å². The lowest BCUT2D eigenvalue weighted by Crippen LogP contribution is -2.37. The quantitative estimate of drug-likeness (QED) is 0.475. The van der Waals surface area contributed by atoms with Gasteiger partial charge < -0.3 is 4.74 Å². The normalized spacial score (nSPS) is 16.6. The molecule has 0 bridgehead atoms. The molecule has 0 amide bonds. The summed E-state index contributed by atoms with van der Waals surface area (Å²) in [4.78, 5) is 28.4. The highest BCUT2D eigenvalue weighted by atomic mass is 32.2. The molecule has 8 heteroatoms. The maximum Gasteiger partial charge on any atom is 0.264 e. The number of fused-ring (bicyclic) bond motifs is 1. The van der Waals surface area contributed by atoms with E-state index in [1.165, 1.54) is 23.5 Å². The van der Waals surface area contributed by atoms with E-state index in [0.29, 0.717) is 43.2 Å². The van der Waals surface area contributed by atoms with Crippen molar-refractivity contribution in [3.8, 4) is 0 Å². The molecule has 7 nitrogen and oxygen atoms in total. The lowest BCUT2D eigenvalue weighted by atomic mass is 9.87. The highest BCUT2D eigenvalue weighted by Crippen LogP contribution is 2.29. The van der Waals surface area contributed by atoms with Crippen LogP contribution in [-0.2, 0) is 26.0 Å². The average molecular weight is 511 g/mol. The summed E-state index contributed by atoms with van der Waals surface area (Å²) in [5, 5.41) is 0. The van der Waals surface area contributed by atoms with Crippen LogP contribution in [0.5, 0.6) is 0 Å². The average Bonchev–Trinajstić information content (AvgIpc) is 2.89. The molecule has 2 aromatic rings. The Labute approximate surface area is 213 Å². The Morgan fingerprint density at radius 1 is 1.08 bits per heavy atom. The van der Waals surface area contributed by atoms with Crippen LogP contribution in [0.3, 0.4) is 0 Å². The standard InChI is InChI=1S/C28H34N2O5S/c1-20(2)21-6-10-23(11-7-21)29(3)36(33,34)24-12-8-22-9-13-25(28(32)26(22)19-24)27(31)5-4-14-30-15-17-35-18-16-30/h6-8,10-13,19-20H,4-5,9,14-18H2,1-3H3. The van der Waals surface area contributed by atoms with Crippen molar-refractivity contribution in [2.24, 2.45) is 0 Å². The number of rotatable bonds is 9. The molecule has 2 aromatic carbocycles. The summed E-state index contributed by atoms with van der Waals surface area (Å²) in [5.41, 5.74) is 2.85. The molecule has 1 heterocycles. The Morgan fingerprint density at radius 2 is 1.78 bits per heavy atom. The molecule has 0 radical (unpaired) electrons. The van der Waals surface area contributed by atoms with Crippen LogP contribution in [0.25, 0.3) is 0 Å². The summed E-state index contributed by atoms with van der Waals surface area (Å²) in [6.07, 6.45) is 3.07. The second-order valence-corrected chi connectivity index (χ2v) is 11.6. The lowest BCUT2D eigenvalue weighted by molar-refractivity contribution is -0.115. The summed E-state index contributed by atoms with van der Waals surface area (Å²) < 4.78 is 33.3. The monoisotopic (exact) mass is 510 g/mol. The van der Waals surface area contributed by atoms with Crippen molar-refractivity contribution in [1.29, 1.82) is 0 Å². The van der Waals surface area contributed by atoms with E-state index in [0.717, 1.165) is 30.8 Å². The van der Waals surface area contributed by atoms with Crippen LogP contribution in [0.1, 0.15) is 54.1 Å². The molecule has 1 aliphatic heterocycles. The summed E-state index contributed by atoms with van der Waals surface area (Å²) in [6, 6.07) is 12.0. The lowest BCUT2D eigenvalue weighted by Gasteiger charge is -2.26. The number of benzene rings is 2. The first kappa shape index (κ1) is 26.3. The molecule has 36 heavy (non-hydrogen) atoms. The van der Waals surface area contributed by atoms with E-state index in [1.807, 2.05) is 12.1 Å². The summed E-state index contributed by atoms with van der Waals surface area (Å²) in [6.45, 7) is 8.08. The van der Waals surface area contributed by atoms with E-state index in [-0.39, 0.29) is 22.7 Å². The van der Waals surface area contributed by atoms with E-state index in [4.69, 9.17) is 4.74 Å². The fraction of sp³-hybridized carbons (Fsp3) is 0.429. The summed E-state index contributed by atoms with van der Waals surface area (Å²) in [5.74, 6) is -0.236. The smallest absolute Gasteiger partial charge is 0.264 e. The first-order valence-corrected chi connectivity index (χ1v) is 13.9. The van der Waals surface area contributed by atoms with Crippen molar-refractivity contribution in [3.05, 3.63) is 70.8 Å². The van der Waals surface area contributed by atoms with E-state index < -0.39 is 15.8 Å². The van der Waals surface area contributed by atoms with Crippen molar-refractivity contribution < 1.29 is 22.7 Å². The van der Waals surface area contributed by atoms with Crippen molar-refractivity contribution in [2.45, 2.75) is 43.9 Å². The number of morpholine rings is 1. The third kappa shape index (κ3) is 5.61. The molecule has 1 aliphatic carbocycles. The second kappa shape index (κ2) is 11.1. The van der Waals surface area contributed by atoms with Crippen LogP contribution in [0.2, 0.25) is 0 Å². The molecule has 192 valence electrons. The molecule has 1 fully saturated rings. The van der Waals surface area contributed by atoms with Gasteiger partial charge in [-0.1, -0.05) is 38.1 Å². The minimum absolute atomic E-state index is 0.0334. The molecular weight excluding hydrogens is 476 g/mol. The van der Waals surface area contributed by atoms with Crippen LogP contribution in [0.15, 0.2) is 59.0 Å². The molecule has 0 aromatic heterocycles. The topological polar surface area (TPSA) is 84.0 Å². The molecule has 0 saturated carbocycles. The molecule has 2 aliphatic rings. The van der Waals surface area contributed by atoms with Gasteiger partial charge in [0.1, 0.15) is 0 Å². The van der Waals surface area contributed by atoms with E-state index in [9.17, 15) is 18.0 Å². The number of nitrogens with zero attached hydrogens (tertiary/aromatic N) is 2. The molecule has 0 unspecified atom stereocenters. The minimum Gasteiger partial charge on any atom is -0.379 e. The zero-order chi connectivity index (χ0) is 25.9. The van der Waals surface area contributed by atoms with E-state index in [1.54, 1.807) is 24.3 Å². The Bertz CT molecular complexity index is 1260. The zero-order valence-electron chi connectivity index (χ0n) is 21.2. The van der Waals surface area contributed by atoms with Gasteiger partial charge in [0.15, 0.2) is 11.6 Å². The first-order chi connectivity index (χ1) is 17.2. The Kier molecular flexibility index (Phi) is 8.07. The number of carbonyl (C=O) groups excluding carboxylic acids is 2. The van der Waals surface area contributed by atoms with Gasteiger partial charge in [-0.15, -0.1) is 0 Å². The van der Waals surface area contributed by atoms with Gasteiger partial charge in [-0.3, -0.25) is 18.8 Å². The van der Waals surface area contributed by atoms with Crippen molar-refractivity contribution in [2.75, 3.05) is 44.2 Å². The first-order valence-electron chi connectivity index (χ1n) is 12.5. The van der Waals surface area contributed by atoms with Gasteiger partial charge in [0, 0.05) is 32.1 Å². The van der Waals surface area contributed by atoms with Gasteiger partial charge in [-0.05, 0) is 60.7 Å². The van der Waals surface area contributed by atoms with Gasteiger partial charge in [0.2, 0.25) is 0 Å². The van der Waals surface area contributed by atoms with Crippen LogP contribution >= 0.6 is 0 Å². The largest absolute Gasteiger partial charge is 0.379 e. The number of hydrogen-bond donors (Lipinski definition) is 0. The predicted octanol–water partition coefficient (Wildman–Crippen LogP) is 3.98. The highest BCUT2D eigenvalue weighted by Gasteiger charge is 2.29. The zero-order valence-corrected chi connectivity index (χ0v) is 22.0. The van der Waals surface area contributed by atoms with Crippen molar-refractivity contribution >= 4 is 27.3 Å². The van der Waals surface area contributed by atoms with Gasteiger partial charge >= 0.3 is 0 Å². The molecule has 0 N–H and O–H groups in total. The maximum absolute atomic E-state index is 13.4. The second-order valence-electron chi connectivity index (χ2n) is 9.67. The molecule has 1 saturated heterocycles. The fourth-order valence-electron chi connectivity index (χ4n) is 4.58. The number of allylic oxidation sites excluding steroid dienone is 2. The Balaban J connectivity index is 1.47. The van der Waals surface area contributed by atoms with Gasteiger partial charge in [-0.2, -0.15) is 0 Å². The number of ether oxygens (including phenoxy) is 1. The SMILES string of the molecule is CC(C)c1ccc(N(C)S(=O)(=O)c2ccc3c(c2)C(=O)C(C(=O)CCCN2CCOCC2)=CC3)cc1.